The molecule has 0 amide bonds. The quantitative estimate of drug-likeness (QED) is 0.466. The summed E-state index contributed by atoms with van der Waals surface area (Å²) in [6.45, 7) is 0. The van der Waals surface area contributed by atoms with Gasteiger partial charge < -0.3 is 10.2 Å². The molecule has 1 aromatic heterocycles. The van der Waals surface area contributed by atoms with E-state index in [1.165, 1.54) is 23.5 Å². The number of anilines is 1. The standard InChI is InChI=1S/C17H10N4O4S/c18-8-13(15-19-12-3-1-2-4-14(12)26-15)21-20-11-6-9(16(22)23)5-10(7-11)17(24)25/h1-7,20H,(H,22,23)(H,24,25)/b21-13-. The Bertz CT molecular complexity index is 1030. The molecule has 9 heteroatoms. The van der Waals surface area contributed by atoms with Gasteiger partial charge >= 0.3 is 11.9 Å². The zero-order valence-electron chi connectivity index (χ0n) is 13.0. The van der Waals surface area contributed by atoms with Gasteiger partial charge in [0.1, 0.15) is 6.07 Å². The van der Waals surface area contributed by atoms with E-state index in [-0.39, 0.29) is 22.5 Å². The molecule has 0 radical (unpaired) electrons. The predicted octanol–water partition coefficient (Wildman–Crippen LogP) is 3.03. The third kappa shape index (κ3) is 3.50. The number of hydrogen-bond donors (Lipinski definition) is 3. The van der Waals surface area contributed by atoms with Gasteiger partial charge in [0.2, 0.25) is 0 Å². The van der Waals surface area contributed by atoms with Gasteiger partial charge in [-0.05, 0) is 30.3 Å². The second kappa shape index (κ2) is 7.00. The van der Waals surface area contributed by atoms with Crippen molar-refractivity contribution in [3.05, 3.63) is 58.6 Å². The predicted molar refractivity (Wildman–Crippen MR) is 95.8 cm³/mol. The smallest absolute Gasteiger partial charge is 0.335 e. The Hall–Kier alpha value is -3.77. The molecular weight excluding hydrogens is 356 g/mol. The number of nitriles is 1. The first-order valence-electron chi connectivity index (χ1n) is 7.19. The van der Waals surface area contributed by atoms with Crippen LogP contribution >= 0.6 is 11.3 Å². The van der Waals surface area contributed by atoms with Gasteiger partial charge in [-0.15, -0.1) is 11.3 Å². The number of nitrogens with one attached hydrogen (secondary N) is 1. The summed E-state index contributed by atoms with van der Waals surface area (Å²) in [7, 11) is 0. The lowest BCUT2D eigenvalue weighted by Gasteiger charge is -2.05. The maximum atomic E-state index is 11.1. The highest BCUT2D eigenvalue weighted by Crippen LogP contribution is 2.22. The number of fused-ring (bicyclic) bond motifs is 1. The van der Waals surface area contributed by atoms with Crippen molar-refractivity contribution in [1.29, 1.82) is 5.26 Å². The largest absolute Gasteiger partial charge is 0.478 e. The van der Waals surface area contributed by atoms with Crippen molar-refractivity contribution in [2.45, 2.75) is 0 Å². The zero-order chi connectivity index (χ0) is 18.7. The lowest BCUT2D eigenvalue weighted by Crippen LogP contribution is -2.06. The minimum absolute atomic E-state index is 0.00352. The van der Waals surface area contributed by atoms with E-state index in [4.69, 9.17) is 10.2 Å². The van der Waals surface area contributed by atoms with Gasteiger partial charge in [0.15, 0.2) is 10.7 Å². The van der Waals surface area contributed by atoms with Crippen molar-refractivity contribution in [2.75, 3.05) is 5.43 Å². The van der Waals surface area contributed by atoms with Gasteiger partial charge in [-0.1, -0.05) is 12.1 Å². The summed E-state index contributed by atoms with van der Waals surface area (Å²) in [5.74, 6) is -2.54. The molecule has 0 aliphatic carbocycles. The molecule has 8 nitrogen and oxygen atoms in total. The highest BCUT2D eigenvalue weighted by atomic mass is 32.1. The number of aromatic carboxylic acids is 2. The lowest BCUT2D eigenvalue weighted by molar-refractivity contribution is 0.0696. The SMILES string of the molecule is N#C/C(=N/Nc1cc(C(=O)O)cc(C(=O)O)c1)c1nc2ccccc2s1. The van der Waals surface area contributed by atoms with Crippen LogP contribution in [-0.4, -0.2) is 32.8 Å². The van der Waals surface area contributed by atoms with Crippen molar-refractivity contribution in [1.82, 2.24) is 4.98 Å². The second-order valence-electron chi connectivity index (χ2n) is 5.08. The minimum Gasteiger partial charge on any atom is -0.478 e. The van der Waals surface area contributed by atoms with Crippen molar-refractivity contribution in [2.24, 2.45) is 5.10 Å². The van der Waals surface area contributed by atoms with Crippen LogP contribution in [0.1, 0.15) is 25.7 Å². The molecule has 128 valence electrons. The van der Waals surface area contributed by atoms with E-state index >= 15 is 0 Å². The summed E-state index contributed by atoms with van der Waals surface area (Å²) in [6.07, 6.45) is 0. The molecule has 0 spiro atoms. The summed E-state index contributed by atoms with van der Waals surface area (Å²) in [5, 5.41) is 31.8. The summed E-state index contributed by atoms with van der Waals surface area (Å²) >= 11 is 1.29. The number of hydrazone groups is 1. The van der Waals surface area contributed by atoms with Crippen molar-refractivity contribution in [3.8, 4) is 6.07 Å². The fourth-order valence-corrected chi connectivity index (χ4v) is 3.06. The third-order valence-electron chi connectivity index (χ3n) is 3.33. The Kier molecular flexibility index (Phi) is 4.59. The van der Waals surface area contributed by atoms with Gasteiger partial charge in [-0.25, -0.2) is 14.6 Å². The maximum absolute atomic E-state index is 11.1. The number of hydrogen-bond acceptors (Lipinski definition) is 7. The van der Waals surface area contributed by atoms with E-state index in [1.807, 2.05) is 30.3 Å². The van der Waals surface area contributed by atoms with Crippen LogP contribution in [0.15, 0.2) is 47.6 Å². The molecule has 0 aliphatic rings. The van der Waals surface area contributed by atoms with E-state index in [2.05, 4.69) is 15.5 Å². The van der Waals surface area contributed by atoms with Crippen LogP contribution in [0, 0.1) is 11.3 Å². The van der Waals surface area contributed by atoms with Crippen LogP contribution in [0.3, 0.4) is 0 Å². The average molecular weight is 366 g/mol. The highest BCUT2D eigenvalue weighted by molar-refractivity contribution is 7.20. The van der Waals surface area contributed by atoms with E-state index < -0.39 is 11.9 Å². The van der Waals surface area contributed by atoms with Crippen molar-refractivity contribution >= 4 is 44.9 Å². The van der Waals surface area contributed by atoms with Crippen molar-refractivity contribution < 1.29 is 19.8 Å². The molecule has 0 atom stereocenters. The van der Waals surface area contributed by atoms with Crippen LogP contribution in [0.5, 0.6) is 0 Å². The molecule has 0 saturated carbocycles. The molecule has 0 saturated heterocycles. The maximum Gasteiger partial charge on any atom is 0.335 e. The van der Waals surface area contributed by atoms with Gasteiger partial charge in [-0.2, -0.15) is 10.4 Å². The molecule has 1 heterocycles. The van der Waals surface area contributed by atoms with Gasteiger partial charge in [0.05, 0.1) is 27.0 Å². The number of nitrogens with zero attached hydrogens (tertiary/aromatic N) is 3. The lowest BCUT2D eigenvalue weighted by atomic mass is 10.1. The first kappa shape index (κ1) is 17.1. The number of carbonyl (C=O) groups is 2. The molecular formula is C17H10N4O4S. The molecule has 0 fully saturated rings. The Morgan fingerprint density at radius 3 is 2.35 bits per heavy atom. The molecule has 3 aromatic rings. The number of aromatic nitrogens is 1. The Morgan fingerprint density at radius 2 is 1.77 bits per heavy atom. The number of thiazole rings is 1. The number of rotatable bonds is 5. The minimum atomic E-state index is -1.27. The second-order valence-corrected chi connectivity index (χ2v) is 6.11. The monoisotopic (exact) mass is 366 g/mol. The van der Waals surface area contributed by atoms with E-state index in [0.717, 1.165) is 16.3 Å². The molecule has 2 aromatic carbocycles. The van der Waals surface area contributed by atoms with E-state index in [0.29, 0.717) is 5.01 Å². The first-order chi connectivity index (χ1) is 12.5. The fourth-order valence-electron chi connectivity index (χ4n) is 2.15. The number of carboxylic acid groups (broad SMARTS) is 2. The average Bonchev–Trinajstić information content (AvgIpc) is 3.05. The normalized spacial score (nSPS) is 11.1. The first-order valence-corrected chi connectivity index (χ1v) is 8.01. The van der Waals surface area contributed by atoms with Gasteiger partial charge in [0.25, 0.3) is 0 Å². The highest BCUT2D eigenvalue weighted by Gasteiger charge is 2.13. The molecule has 0 aliphatic heterocycles. The van der Waals surface area contributed by atoms with Crippen LogP contribution in [0.2, 0.25) is 0 Å². The summed E-state index contributed by atoms with van der Waals surface area (Å²) < 4.78 is 0.895. The number of para-hydroxylation sites is 1. The molecule has 0 unspecified atom stereocenters. The zero-order valence-corrected chi connectivity index (χ0v) is 13.8. The molecule has 0 bridgehead atoms. The summed E-state index contributed by atoms with van der Waals surface area (Å²) in [6, 6.07) is 12.8. The van der Waals surface area contributed by atoms with Crippen molar-refractivity contribution in [3.63, 3.8) is 0 Å². The van der Waals surface area contributed by atoms with Crippen LogP contribution in [-0.2, 0) is 0 Å². The number of benzene rings is 2. The van der Waals surface area contributed by atoms with Crippen LogP contribution < -0.4 is 5.43 Å². The summed E-state index contributed by atoms with van der Waals surface area (Å²) in [4.78, 5) is 26.6. The summed E-state index contributed by atoms with van der Waals surface area (Å²) in [5.41, 5.74) is 2.99. The van der Waals surface area contributed by atoms with E-state index in [1.54, 1.807) is 0 Å². The third-order valence-corrected chi connectivity index (χ3v) is 4.37. The van der Waals surface area contributed by atoms with Gasteiger partial charge in [0, 0.05) is 0 Å². The molecule has 3 rings (SSSR count). The van der Waals surface area contributed by atoms with Crippen LogP contribution in [0.4, 0.5) is 5.69 Å². The molecule has 3 N–H and O–H groups in total. The Labute approximate surface area is 150 Å². The van der Waals surface area contributed by atoms with Crippen LogP contribution in [0.25, 0.3) is 10.2 Å². The Morgan fingerprint density at radius 1 is 1.12 bits per heavy atom. The Balaban J connectivity index is 1.95. The fraction of sp³-hybridized carbons (Fsp3) is 0. The molecule has 26 heavy (non-hydrogen) atoms. The van der Waals surface area contributed by atoms with E-state index in [9.17, 15) is 14.9 Å². The topological polar surface area (TPSA) is 136 Å². The number of carboxylic acids is 2. The van der Waals surface area contributed by atoms with Gasteiger partial charge in [-0.3, -0.25) is 5.43 Å².